The summed E-state index contributed by atoms with van der Waals surface area (Å²) in [5.74, 6) is -1.17. The number of nitrogens with zero attached hydrogens (tertiary/aromatic N) is 2. The van der Waals surface area contributed by atoms with Crippen molar-refractivity contribution in [3.8, 4) is 11.8 Å². The van der Waals surface area contributed by atoms with Crippen molar-refractivity contribution in [3.05, 3.63) is 24.3 Å². The predicted molar refractivity (Wildman–Crippen MR) is 94.2 cm³/mol. The molecule has 152 valence electrons. The molecule has 0 spiro atoms. The SMILES string of the molecule is CN(CC(=O)Nc1ccc(OC(F)(F)F)cc1)CC(=O)NC1(C#N)CCCC1. The van der Waals surface area contributed by atoms with E-state index in [-0.39, 0.29) is 19.0 Å². The summed E-state index contributed by atoms with van der Waals surface area (Å²) in [6.45, 7) is -0.164. The number of amides is 2. The van der Waals surface area contributed by atoms with Crippen LogP contribution in [-0.4, -0.2) is 48.8 Å². The van der Waals surface area contributed by atoms with Gasteiger partial charge in [0.15, 0.2) is 0 Å². The van der Waals surface area contributed by atoms with Crippen molar-refractivity contribution < 1.29 is 27.5 Å². The van der Waals surface area contributed by atoms with Crippen LogP contribution in [0.1, 0.15) is 25.7 Å². The number of nitriles is 1. The molecule has 1 saturated carbocycles. The number of hydrogen-bond donors (Lipinski definition) is 2. The molecule has 0 heterocycles. The fourth-order valence-electron chi connectivity index (χ4n) is 3.04. The molecule has 28 heavy (non-hydrogen) atoms. The summed E-state index contributed by atoms with van der Waals surface area (Å²) in [5.41, 5.74) is -0.521. The van der Waals surface area contributed by atoms with Gasteiger partial charge in [0.25, 0.3) is 0 Å². The molecule has 0 bridgehead atoms. The highest BCUT2D eigenvalue weighted by Gasteiger charge is 2.35. The first-order valence-electron chi connectivity index (χ1n) is 8.67. The molecule has 0 radical (unpaired) electrons. The van der Waals surface area contributed by atoms with E-state index in [9.17, 15) is 28.0 Å². The molecule has 2 rings (SSSR count). The molecule has 1 aliphatic rings. The first kappa shape index (κ1) is 21.5. The number of benzene rings is 1. The number of carbonyl (C=O) groups excluding carboxylic acids is 2. The Morgan fingerprint density at radius 1 is 1.18 bits per heavy atom. The number of anilines is 1. The van der Waals surface area contributed by atoms with Gasteiger partial charge in [-0.3, -0.25) is 14.5 Å². The van der Waals surface area contributed by atoms with Crippen LogP contribution in [0.5, 0.6) is 5.75 Å². The van der Waals surface area contributed by atoms with E-state index in [0.29, 0.717) is 18.5 Å². The van der Waals surface area contributed by atoms with Gasteiger partial charge in [0.05, 0.1) is 19.2 Å². The maximum atomic E-state index is 12.1. The fraction of sp³-hybridized carbons (Fsp3) is 0.500. The van der Waals surface area contributed by atoms with Gasteiger partial charge in [-0.05, 0) is 57.0 Å². The van der Waals surface area contributed by atoms with Gasteiger partial charge in [0.2, 0.25) is 11.8 Å². The number of alkyl halides is 3. The van der Waals surface area contributed by atoms with E-state index < -0.39 is 23.6 Å². The summed E-state index contributed by atoms with van der Waals surface area (Å²) in [5, 5.41) is 14.5. The minimum Gasteiger partial charge on any atom is -0.406 e. The number of rotatable bonds is 7. The molecule has 1 aliphatic carbocycles. The Morgan fingerprint density at radius 2 is 1.75 bits per heavy atom. The molecule has 1 aromatic carbocycles. The second kappa shape index (κ2) is 8.93. The molecule has 0 atom stereocenters. The summed E-state index contributed by atoms with van der Waals surface area (Å²) >= 11 is 0. The third-order valence-electron chi connectivity index (χ3n) is 4.25. The van der Waals surface area contributed by atoms with Crippen LogP contribution in [0.2, 0.25) is 0 Å². The average molecular weight is 398 g/mol. The Hall–Kier alpha value is -2.80. The van der Waals surface area contributed by atoms with E-state index in [1.807, 2.05) is 0 Å². The number of nitrogens with one attached hydrogen (secondary N) is 2. The summed E-state index contributed by atoms with van der Waals surface area (Å²) < 4.78 is 40.1. The minimum atomic E-state index is -4.78. The Balaban J connectivity index is 1.79. The van der Waals surface area contributed by atoms with Crippen LogP contribution in [0, 0.1) is 11.3 Å². The standard InChI is InChI=1S/C18H21F3N4O3/c1-25(11-16(27)24-17(12-22)8-2-3-9-17)10-15(26)23-13-4-6-14(7-5-13)28-18(19,20)21/h4-7H,2-3,8-11H2,1H3,(H,23,26)(H,24,27). The van der Waals surface area contributed by atoms with Crippen LogP contribution in [0.25, 0.3) is 0 Å². The Bertz CT molecular complexity index is 738. The summed E-state index contributed by atoms with van der Waals surface area (Å²) in [4.78, 5) is 25.6. The minimum absolute atomic E-state index is 0.0603. The van der Waals surface area contributed by atoms with Gasteiger partial charge in [-0.1, -0.05) is 0 Å². The first-order valence-corrected chi connectivity index (χ1v) is 8.67. The monoisotopic (exact) mass is 398 g/mol. The van der Waals surface area contributed by atoms with E-state index in [4.69, 9.17) is 0 Å². The molecular formula is C18H21F3N4O3. The van der Waals surface area contributed by atoms with Crippen molar-refractivity contribution in [2.45, 2.75) is 37.6 Å². The van der Waals surface area contributed by atoms with Gasteiger partial charge in [-0.15, -0.1) is 13.2 Å². The van der Waals surface area contributed by atoms with Gasteiger partial charge >= 0.3 is 6.36 Å². The lowest BCUT2D eigenvalue weighted by molar-refractivity contribution is -0.274. The Kier molecular flexibility index (Phi) is 6.85. The number of ether oxygens (including phenoxy) is 1. The quantitative estimate of drug-likeness (QED) is 0.736. The first-order chi connectivity index (χ1) is 13.1. The van der Waals surface area contributed by atoms with Gasteiger partial charge in [0, 0.05) is 5.69 Å². The van der Waals surface area contributed by atoms with Crippen LogP contribution in [0.4, 0.5) is 18.9 Å². The van der Waals surface area contributed by atoms with Crippen molar-refractivity contribution in [1.82, 2.24) is 10.2 Å². The maximum Gasteiger partial charge on any atom is 0.573 e. The summed E-state index contributed by atoms with van der Waals surface area (Å²) in [6.07, 6.45) is -1.77. The molecule has 1 fully saturated rings. The number of halogens is 3. The molecule has 1 aromatic rings. The molecule has 0 aliphatic heterocycles. The molecule has 2 N–H and O–H groups in total. The normalized spacial score (nSPS) is 15.7. The lowest BCUT2D eigenvalue weighted by Gasteiger charge is -2.24. The average Bonchev–Trinajstić information content (AvgIpc) is 3.03. The third kappa shape index (κ3) is 6.74. The lowest BCUT2D eigenvalue weighted by Crippen LogP contribution is -2.49. The number of hydrogen-bond acceptors (Lipinski definition) is 5. The molecular weight excluding hydrogens is 377 g/mol. The van der Waals surface area contributed by atoms with Crippen molar-refractivity contribution >= 4 is 17.5 Å². The van der Waals surface area contributed by atoms with Crippen LogP contribution in [0.15, 0.2) is 24.3 Å². The zero-order chi connectivity index (χ0) is 20.8. The highest BCUT2D eigenvalue weighted by atomic mass is 19.4. The fourth-order valence-corrected chi connectivity index (χ4v) is 3.04. The summed E-state index contributed by atoms with van der Waals surface area (Å²) in [7, 11) is 1.58. The third-order valence-corrected chi connectivity index (χ3v) is 4.25. The van der Waals surface area contributed by atoms with Crippen LogP contribution in [-0.2, 0) is 9.59 Å². The molecule has 0 aromatic heterocycles. The van der Waals surface area contributed by atoms with Crippen molar-refractivity contribution in [2.75, 3.05) is 25.5 Å². The van der Waals surface area contributed by atoms with Crippen LogP contribution in [0.3, 0.4) is 0 Å². The van der Waals surface area contributed by atoms with E-state index in [1.54, 1.807) is 7.05 Å². The highest BCUT2D eigenvalue weighted by Crippen LogP contribution is 2.28. The van der Waals surface area contributed by atoms with Gasteiger partial charge < -0.3 is 15.4 Å². The van der Waals surface area contributed by atoms with E-state index in [1.165, 1.54) is 17.0 Å². The zero-order valence-electron chi connectivity index (χ0n) is 15.3. The van der Waals surface area contributed by atoms with Crippen molar-refractivity contribution in [2.24, 2.45) is 0 Å². The van der Waals surface area contributed by atoms with E-state index in [2.05, 4.69) is 21.4 Å². The van der Waals surface area contributed by atoms with Crippen molar-refractivity contribution in [3.63, 3.8) is 0 Å². The van der Waals surface area contributed by atoms with E-state index in [0.717, 1.165) is 25.0 Å². The van der Waals surface area contributed by atoms with Crippen LogP contribution >= 0.6 is 0 Å². The predicted octanol–water partition coefficient (Wildman–Crippen LogP) is 2.41. The van der Waals surface area contributed by atoms with Gasteiger partial charge in [0.1, 0.15) is 11.3 Å². The second-order valence-corrected chi connectivity index (χ2v) is 6.74. The topological polar surface area (TPSA) is 94.5 Å². The zero-order valence-corrected chi connectivity index (χ0v) is 15.3. The smallest absolute Gasteiger partial charge is 0.406 e. The second-order valence-electron chi connectivity index (χ2n) is 6.74. The largest absolute Gasteiger partial charge is 0.573 e. The van der Waals surface area contributed by atoms with Gasteiger partial charge in [-0.25, -0.2) is 0 Å². The number of likely N-dealkylation sites (N-methyl/N-ethyl adjacent to an activating group) is 1. The lowest BCUT2D eigenvalue weighted by atomic mass is 10.00. The molecule has 10 heteroatoms. The molecule has 0 unspecified atom stereocenters. The molecule has 2 amide bonds. The van der Waals surface area contributed by atoms with Crippen LogP contribution < -0.4 is 15.4 Å². The Labute approximate surface area is 160 Å². The highest BCUT2D eigenvalue weighted by molar-refractivity contribution is 5.92. The van der Waals surface area contributed by atoms with Gasteiger partial charge in [-0.2, -0.15) is 5.26 Å². The summed E-state index contributed by atoms with van der Waals surface area (Å²) in [6, 6.07) is 6.90. The maximum absolute atomic E-state index is 12.1. The molecule has 0 saturated heterocycles. The van der Waals surface area contributed by atoms with Crippen molar-refractivity contribution in [1.29, 1.82) is 5.26 Å². The van der Waals surface area contributed by atoms with E-state index >= 15 is 0 Å². The number of carbonyl (C=O) groups is 2. The molecule has 7 nitrogen and oxygen atoms in total. The Morgan fingerprint density at radius 3 is 2.29 bits per heavy atom.